The minimum Gasteiger partial charge on any atom is -0.394 e. The van der Waals surface area contributed by atoms with Crippen molar-refractivity contribution in [1.29, 1.82) is 0 Å². The lowest BCUT2D eigenvalue weighted by molar-refractivity contribution is -0.0437. The molecule has 1 atom stereocenters. The van der Waals surface area contributed by atoms with Crippen LogP contribution in [0.3, 0.4) is 0 Å². The summed E-state index contributed by atoms with van der Waals surface area (Å²) in [5.41, 5.74) is 0. The van der Waals surface area contributed by atoms with E-state index in [0.29, 0.717) is 6.61 Å². The molecule has 0 aliphatic heterocycles. The normalized spacial score (nSPS) is 12.4. The molecule has 0 rings (SSSR count). The first-order chi connectivity index (χ1) is 18.8. The van der Waals surface area contributed by atoms with Crippen molar-refractivity contribution in [3.05, 3.63) is 0 Å². The molecule has 0 saturated carbocycles. The molecule has 0 aromatic heterocycles. The Morgan fingerprint density at radius 1 is 0.395 bits per heavy atom. The van der Waals surface area contributed by atoms with Crippen molar-refractivity contribution in [2.24, 2.45) is 0 Å². The fourth-order valence-corrected chi connectivity index (χ4v) is 5.31. The molecule has 3 nitrogen and oxygen atoms in total. The largest absolute Gasteiger partial charge is 0.394 e. The van der Waals surface area contributed by atoms with E-state index in [0.717, 1.165) is 26.1 Å². The minimum absolute atomic E-state index is 0.0668. The Morgan fingerprint density at radius 2 is 0.684 bits per heavy atom. The van der Waals surface area contributed by atoms with Crippen LogP contribution in [0.25, 0.3) is 0 Å². The summed E-state index contributed by atoms with van der Waals surface area (Å²) in [5, 5.41) is 9.56. The lowest BCUT2D eigenvalue weighted by Crippen LogP contribution is -2.24. The second-order valence-corrected chi connectivity index (χ2v) is 11.9. The first-order valence-corrected chi connectivity index (χ1v) is 17.6. The third kappa shape index (κ3) is 32.1. The zero-order valence-electron chi connectivity index (χ0n) is 26.5. The summed E-state index contributed by atoms with van der Waals surface area (Å²) in [6.45, 7) is 6.74. The van der Waals surface area contributed by atoms with Gasteiger partial charge in [0.1, 0.15) is 6.10 Å². The van der Waals surface area contributed by atoms with Crippen molar-refractivity contribution in [1.82, 2.24) is 0 Å². The van der Waals surface area contributed by atoms with Crippen LogP contribution in [0.4, 0.5) is 0 Å². The van der Waals surface area contributed by atoms with Gasteiger partial charge in [-0.05, 0) is 12.8 Å². The first kappa shape index (κ1) is 37.9. The van der Waals surface area contributed by atoms with E-state index >= 15 is 0 Å². The van der Waals surface area contributed by atoms with Crippen LogP contribution < -0.4 is 0 Å². The smallest absolute Gasteiger partial charge is 0.104 e. The average molecular weight is 541 g/mol. The van der Waals surface area contributed by atoms with Gasteiger partial charge >= 0.3 is 0 Å². The van der Waals surface area contributed by atoms with Gasteiger partial charge in [0, 0.05) is 13.2 Å². The lowest BCUT2D eigenvalue weighted by atomic mass is 10.0. The van der Waals surface area contributed by atoms with Crippen molar-refractivity contribution >= 4 is 0 Å². The number of hydrogen-bond acceptors (Lipinski definition) is 3. The predicted octanol–water partition coefficient (Wildman–Crippen LogP) is 11.3. The molecule has 0 spiro atoms. The molecular formula is C35H72O3. The molecule has 0 radical (unpaired) electrons. The topological polar surface area (TPSA) is 38.7 Å². The molecule has 3 heteroatoms. The van der Waals surface area contributed by atoms with Gasteiger partial charge in [-0.25, -0.2) is 0 Å². The highest BCUT2D eigenvalue weighted by atomic mass is 16.5. The minimum atomic E-state index is -0.149. The summed E-state index contributed by atoms with van der Waals surface area (Å²) in [4.78, 5) is 0. The third-order valence-corrected chi connectivity index (χ3v) is 8.00. The van der Waals surface area contributed by atoms with E-state index in [1.54, 1.807) is 0 Å². The van der Waals surface area contributed by atoms with Crippen LogP contribution in [0.5, 0.6) is 0 Å². The average Bonchev–Trinajstić information content (AvgIpc) is 2.93. The van der Waals surface area contributed by atoms with Gasteiger partial charge in [-0.3, -0.25) is 0 Å². The van der Waals surface area contributed by atoms with Gasteiger partial charge in [0.15, 0.2) is 0 Å². The van der Waals surface area contributed by atoms with Crippen molar-refractivity contribution < 1.29 is 14.6 Å². The highest BCUT2D eigenvalue weighted by Gasteiger charge is 2.07. The van der Waals surface area contributed by atoms with Crippen molar-refractivity contribution in [2.45, 2.75) is 200 Å². The Labute approximate surface area is 240 Å². The van der Waals surface area contributed by atoms with Gasteiger partial charge in [-0.1, -0.05) is 181 Å². The van der Waals surface area contributed by atoms with Gasteiger partial charge in [0.25, 0.3) is 0 Å². The van der Waals surface area contributed by atoms with Crippen molar-refractivity contribution in [3.8, 4) is 0 Å². The van der Waals surface area contributed by atoms with E-state index in [1.165, 1.54) is 167 Å². The molecule has 0 aromatic rings. The Morgan fingerprint density at radius 3 is 1.00 bits per heavy atom. The zero-order chi connectivity index (χ0) is 27.6. The van der Waals surface area contributed by atoms with Crippen molar-refractivity contribution in [3.63, 3.8) is 0 Å². The second kappa shape index (κ2) is 34.9. The zero-order valence-corrected chi connectivity index (χ0v) is 26.5. The molecule has 0 aliphatic rings. The number of aliphatic hydroxyl groups excluding tert-OH is 1. The van der Waals surface area contributed by atoms with E-state index in [-0.39, 0.29) is 12.7 Å². The van der Waals surface area contributed by atoms with Crippen LogP contribution in [0.2, 0.25) is 0 Å². The Balaban J connectivity index is 3.25. The standard InChI is InChI=1S/C35H72O3/c1-3-5-7-9-11-13-15-17-18-19-20-22-24-26-28-30-32-38-35(33-36)34-37-31-29-27-25-23-21-16-14-12-10-8-6-4-2/h35-36H,3-34H2,1-2H3. The van der Waals surface area contributed by atoms with Crippen molar-refractivity contribution in [2.75, 3.05) is 26.4 Å². The van der Waals surface area contributed by atoms with E-state index in [9.17, 15) is 5.11 Å². The molecule has 0 aromatic carbocycles. The Bertz CT molecular complexity index is 401. The highest BCUT2D eigenvalue weighted by molar-refractivity contribution is 4.56. The molecule has 1 N–H and O–H groups in total. The summed E-state index contributed by atoms with van der Waals surface area (Å²) in [6, 6.07) is 0. The summed E-state index contributed by atoms with van der Waals surface area (Å²) in [5.74, 6) is 0. The predicted molar refractivity (Wildman–Crippen MR) is 168 cm³/mol. The van der Waals surface area contributed by atoms with Crippen LogP contribution in [-0.2, 0) is 9.47 Å². The summed E-state index contributed by atoms with van der Waals surface area (Å²) in [6.07, 6.45) is 38.4. The van der Waals surface area contributed by atoms with E-state index < -0.39 is 0 Å². The number of ether oxygens (including phenoxy) is 2. The monoisotopic (exact) mass is 541 g/mol. The van der Waals surface area contributed by atoms with E-state index in [2.05, 4.69) is 13.8 Å². The molecule has 38 heavy (non-hydrogen) atoms. The molecule has 0 bridgehead atoms. The van der Waals surface area contributed by atoms with E-state index in [1.807, 2.05) is 0 Å². The summed E-state index contributed by atoms with van der Waals surface area (Å²) in [7, 11) is 0. The SMILES string of the molecule is CCCCCCCCCCCCCCCCCCOC(CO)COCCCCCCCCCCCCCC. The molecule has 0 fully saturated rings. The van der Waals surface area contributed by atoms with Gasteiger partial charge in [0.2, 0.25) is 0 Å². The summed E-state index contributed by atoms with van der Waals surface area (Å²) < 4.78 is 11.6. The molecule has 0 heterocycles. The fourth-order valence-electron chi connectivity index (χ4n) is 5.31. The molecule has 0 aliphatic carbocycles. The Hall–Kier alpha value is -0.120. The highest BCUT2D eigenvalue weighted by Crippen LogP contribution is 2.14. The number of hydrogen-bond donors (Lipinski definition) is 1. The number of aliphatic hydroxyl groups is 1. The lowest BCUT2D eigenvalue weighted by Gasteiger charge is -2.15. The molecule has 0 amide bonds. The number of rotatable bonds is 34. The van der Waals surface area contributed by atoms with Crippen LogP contribution in [0.1, 0.15) is 194 Å². The first-order valence-electron chi connectivity index (χ1n) is 17.6. The maximum Gasteiger partial charge on any atom is 0.104 e. The van der Waals surface area contributed by atoms with Crippen LogP contribution in [-0.4, -0.2) is 37.6 Å². The van der Waals surface area contributed by atoms with Gasteiger partial charge in [-0.2, -0.15) is 0 Å². The molecular weight excluding hydrogens is 468 g/mol. The van der Waals surface area contributed by atoms with Crippen LogP contribution in [0, 0.1) is 0 Å². The molecule has 230 valence electrons. The van der Waals surface area contributed by atoms with Gasteiger partial charge in [0.05, 0.1) is 13.2 Å². The van der Waals surface area contributed by atoms with Gasteiger partial charge in [-0.15, -0.1) is 0 Å². The van der Waals surface area contributed by atoms with E-state index in [4.69, 9.17) is 9.47 Å². The fraction of sp³-hybridized carbons (Fsp3) is 1.00. The van der Waals surface area contributed by atoms with Crippen LogP contribution in [0.15, 0.2) is 0 Å². The quantitative estimate of drug-likeness (QED) is 0.0825. The third-order valence-electron chi connectivity index (χ3n) is 8.00. The maximum atomic E-state index is 9.56. The molecule has 0 saturated heterocycles. The van der Waals surface area contributed by atoms with Crippen LogP contribution >= 0.6 is 0 Å². The molecule has 1 unspecified atom stereocenters. The Kier molecular flexibility index (Phi) is 34.8. The maximum absolute atomic E-state index is 9.56. The second-order valence-electron chi connectivity index (χ2n) is 11.9. The van der Waals surface area contributed by atoms with Gasteiger partial charge < -0.3 is 14.6 Å². The number of unbranched alkanes of at least 4 members (excludes halogenated alkanes) is 26. The summed E-state index contributed by atoms with van der Waals surface area (Å²) >= 11 is 0.